The maximum Gasteiger partial charge on any atom is 0.0423 e. The van der Waals surface area contributed by atoms with Crippen molar-refractivity contribution in [3.63, 3.8) is 0 Å². The van der Waals surface area contributed by atoms with E-state index >= 15 is 0 Å². The molecule has 0 aliphatic carbocycles. The number of benzene rings is 1. The fraction of sp³-hybridized carbons (Fsp3) is 0. The van der Waals surface area contributed by atoms with Gasteiger partial charge in [0, 0.05) is 23.5 Å². The number of hydrogen-bond donors (Lipinski definition) is 1. The lowest BCUT2D eigenvalue weighted by atomic mass is 10.2. The first kappa shape index (κ1) is 7.70. The molecule has 1 nitrogen and oxygen atoms in total. The van der Waals surface area contributed by atoms with Gasteiger partial charge in [0.05, 0.1) is 0 Å². The molecule has 1 heterocycles. The number of rotatable bonds is 0. The monoisotopic (exact) mass is 167 g/mol. The number of aromatic nitrogens is 1. The first-order valence-electron chi connectivity index (χ1n) is 4.15. The highest BCUT2D eigenvalue weighted by Crippen LogP contribution is 1.97. The van der Waals surface area contributed by atoms with Crippen LogP contribution in [-0.4, -0.2) is 4.98 Å². The fourth-order valence-electron chi connectivity index (χ4n) is 1.07. The number of aromatic amines is 1. The van der Waals surface area contributed by atoms with Gasteiger partial charge >= 0.3 is 0 Å². The largest absolute Gasteiger partial charge is 0.367 e. The quantitative estimate of drug-likeness (QED) is 0.580. The van der Waals surface area contributed by atoms with Crippen LogP contribution in [0.15, 0.2) is 48.8 Å². The number of hydrogen-bond acceptors (Lipinski definition) is 0. The molecule has 0 radical (unpaired) electrons. The minimum Gasteiger partial charge on any atom is -0.367 e. The molecular formula is C12H9N. The zero-order chi connectivity index (χ0) is 8.93. The summed E-state index contributed by atoms with van der Waals surface area (Å²) in [5.41, 5.74) is 2.06. The van der Waals surface area contributed by atoms with Gasteiger partial charge in [0.1, 0.15) is 0 Å². The van der Waals surface area contributed by atoms with Crippen LogP contribution in [0, 0.1) is 11.8 Å². The van der Waals surface area contributed by atoms with E-state index in [1.54, 1.807) is 0 Å². The molecule has 0 bridgehead atoms. The topological polar surface area (TPSA) is 15.8 Å². The van der Waals surface area contributed by atoms with Gasteiger partial charge in [-0.25, -0.2) is 0 Å². The van der Waals surface area contributed by atoms with E-state index in [-0.39, 0.29) is 0 Å². The molecule has 2 aromatic rings. The zero-order valence-corrected chi connectivity index (χ0v) is 7.12. The molecule has 0 amide bonds. The molecule has 1 aromatic heterocycles. The standard InChI is InChI=1S/C12H9N/c1-2-4-11(5-3-1)6-7-12-8-9-13-10-12/h1-5,8-10,13H. The summed E-state index contributed by atoms with van der Waals surface area (Å²) in [6.45, 7) is 0. The molecule has 0 aliphatic rings. The van der Waals surface area contributed by atoms with Crippen molar-refractivity contribution in [2.75, 3.05) is 0 Å². The lowest BCUT2D eigenvalue weighted by molar-refractivity contribution is 1.41. The first-order valence-corrected chi connectivity index (χ1v) is 4.15. The van der Waals surface area contributed by atoms with E-state index in [4.69, 9.17) is 0 Å². The minimum absolute atomic E-state index is 1.02. The molecule has 13 heavy (non-hydrogen) atoms. The van der Waals surface area contributed by atoms with E-state index in [2.05, 4.69) is 16.8 Å². The molecule has 0 atom stereocenters. The van der Waals surface area contributed by atoms with Crippen molar-refractivity contribution in [3.8, 4) is 11.8 Å². The Bertz CT molecular complexity index is 415. The van der Waals surface area contributed by atoms with Crippen LogP contribution in [0.4, 0.5) is 0 Å². The molecule has 0 aliphatic heterocycles. The number of H-pyrrole nitrogens is 1. The second-order valence-electron chi connectivity index (χ2n) is 2.72. The summed E-state index contributed by atoms with van der Waals surface area (Å²) >= 11 is 0. The third-order valence-corrected chi connectivity index (χ3v) is 1.72. The average molecular weight is 167 g/mol. The van der Waals surface area contributed by atoms with Gasteiger partial charge in [-0.1, -0.05) is 30.0 Å². The van der Waals surface area contributed by atoms with Crippen LogP contribution in [0.5, 0.6) is 0 Å². The van der Waals surface area contributed by atoms with E-state index in [1.165, 1.54) is 0 Å². The van der Waals surface area contributed by atoms with Crippen LogP contribution < -0.4 is 0 Å². The maximum atomic E-state index is 3.08. The molecule has 1 aromatic carbocycles. The minimum atomic E-state index is 1.02. The van der Waals surface area contributed by atoms with Gasteiger partial charge in [0.25, 0.3) is 0 Å². The Hall–Kier alpha value is -1.94. The van der Waals surface area contributed by atoms with Crippen LogP contribution in [0.1, 0.15) is 11.1 Å². The molecule has 0 spiro atoms. The van der Waals surface area contributed by atoms with Crippen LogP contribution in [0.2, 0.25) is 0 Å². The normalized spacial score (nSPS) is 8.92. The van der Waals surface area contributed by atoms with Gasteiger partial charge in [-0.05, 0) is 18.2 Å². The summed E-state index contributed by atoms with van der Waals surface area (Å²) < 4.78 is 0. The van der Waals surface area contributed by atoms with E-state index in [1.807, 2.05) is 48.8 Å². The Morgan fingerprint density at radius 3 is 2.31 bits per heavy atom. The highest BCUT2D eigenvalue weighted by atomic mass is 14.6. The lowest BCUT2D eigenvalue weighted by Gasteiger charge is -1.85. The van der Waals surface area contributed by atoms with Crippen LogP contribution in [-0.2, 0) is 0 Å². The Labute approximate surface area is 77.4 Å². The van der Waals surface area contributed by atoms with Gasteiger partial charge in [0.2, 0.25) is 0 Å². The Balaban J connectivity index is 2.23. The van der Waals surface area contributed by atoms with E-state index < -0.39 is 0 Å². The Morgan fingerprint density at radius 1 is 0.846 bits per heavy atom. The molecule has 1 N–H and O–H groups in total. The van der Waals surface area contributed by atoms with E-state index in [9.17, 15) is 0 Å². The van der Waals surface area contributed by atoms with Crippen molar-refractivity contribution in [1.82, 2.24) is 4.98 Å². The van der Waals surface area contributed by atoms with Crippen LogP contribution >= 0.6 is 0 Å². The second kappa shape index (κ2) is 3.64. The molecule has 0 fully saturated rings. The smallest absolute Gasteiger partial charge is 0.0423 e. The molecular weight excluding hydrogens is 158 g/mol. The summed E-state index contributed by atoms with van der Waals surface area (Å²) in [6.07, 6.45) is 3.75. The van der Waals surface area contributed by atoms with Crippen molar-refractivity contribution >= 4 is 0 Å². The number of nitrogens with one attached hydrogen (secondary N) is 1. The van der Waals surface area contributed by atoms with E-state index in [0.29, 0.717) is 0 Å². The molecule has 0 saturated heterocycles. The summed E-state index contributed by atoms with van der Waals surface area (Å²) in [5, 5.41) is 0. The Kier molecular flexibility index (Phi) is 2.16. The van der Waals surface area contributed by atoms with Crippen molar-refractivity contribution in [2.45, 2.75) is 0 Å². The van der Waals surface area contributed by atoms with Crippen LogP contribution in [0.3, 0.4) is 0 Å². The predicted molar refractivity (Wildman–Crippen MR) is 53.2 cm³/mol. The third-order valence-electron chi connectivity index (χ3n) is 1.72. The first-order chi connectivity index (χ1) is 6.45. The van der Waals surface area contributed by atoms with Crippen molar-refractivity contribution < 1.29 is 0 Å². The summed E-state index contributed by atoms with van der Waals surface area (Å²) in [4.78, 5) is 2.96. The lowest BCUT2D eigenvalue weighted by Crippen LogP contribution is -1.71. The fourth-order valence-corrected chi connectivity index (χ4v) is 1.07. The maximum absolute atomic E-state index is 3.08. The van der Waals surface area contributed by atoms with Crippen LogP contribution in [0.25, 0.3) is 0 Å². The van der Waals surface area contributed by atoms with Gasteiger partial charge in [0.15, 0.2) is 0 Å². The summed E-state index contributed by atoms with van der Waals surface area (Å²) in [7, 11) is 0. The summed E-state index contributed by atoms with van der Waals surface area (Å²) in [6, 6.07) is 11.9. The highest BCUT2D eigenvalue weighted by molar-refractivity contribution is 5.41. The van der Waals surface area contributed by atoms with Gasteiger partial charge in [-0.15, -0.1) is 0 Å². The van der Waals surface area contributed by atoms with Gasteiger partial charge < -0.3 is 4.98 Å². The second-order valence-corrected chi connectivity index (χ2v) is 2.72. The van der Waals surface area contributed by atoms with Gasteiger partial charge in [-0.3, -0.25) is 0 Å². The Morgan fingerprint density at radius 2 is 1.62 bits per heavy atom. The van der Waals surface area contributed by atoms with Gasteiger partial charge in [-0.2, -0.15) is 0 Å². The van der Waals surface area contributed by atoms with Crippen molar-refractivity contribution in [1.29, 1.82) is 0 Å². The third kappa shape index (κ3) is 2.00. The SMILES string of the molecule is C(#Cc1cc[nH]c1)c1ccccc1. The summed E-state index contributed by atoms with van der Waals surface area (Å²) in [5.74, 6) is 6.14. The molecule has 1 heteroatoms. The van der Waals surface area contributed by atoms with Crippen molar-refractivity contribution in [3.05, 3.63) is 59.9 Å². The highest BCUT2D eigenvalue weighted by Gasteiger charge is 1.84. The van der Waals surface area contributed by atoms with Crippen molar-refractivity contribution in [2.24, 2.45) is 0 Å². The predicted octanol–water partition coefficient (Wildman–Crippen LogP) is 2.41. The molecule has 62 valence electrons. The molecule has 2 rings (SSSR count). The average Bonchev–Trinajstić information content (AvgIpc) is 2.69. The zero-order valence-electron chi connectivity index (χ0n) is 7.12. The molecule has 0 saturated carbocycles. The van der Waals surface area contributed by atoms with E-state index in [0.717, 1.165) is 11.1 Å². The molecule has 0 unspecified atom stereocenters.